The van der Waals surface area contributed by atoms with Gasteiger partial charge in [0.05, 0.1) is 10.6 Å². The molecule has 2 heterocycles. The quantitative estimate of drug-likeness (QED) is 0.796. The fourth-order valence-electron chi connectivity index (χ4n) is 1.87. The summed E-state index contributed by atoms with van der Waals surface area (Å²) in [6.45, 7) is 1.91. The number of sulfonamides is 1. The fraction of sp³-hybridized carbons (Fsp3) is 0.0667. The molecule has 112 valence electrons. The van der Waals surface area contributed by atoms with Gasteiger partial charge in [-0.1, -0.05) is 17.7 Å². The lowest BCUT2D eigenvalue weighted by molar-refractivity contribution is 0.601. The first-order valence-corrected chi connectivity index (χ1v) is 8.86. The number of nitrogens with one attached hydrogen (secondary N) is 1. The first-order valence-electron chi connectivity index (χ1n) is 6.50. The lowest BCUT2D eigenvalue weighted by atomic mass is 10.2. The number of hydrogen-bond acceptors (Lipinski definition) is 5. The average Bonchev–Trinajstić information content (AvgIpc) is 2.96. The molecule has 7 heteroatoms. The Bertz CT molecular complexity index is 873. The van der Waals surface area contributed by atoms with Gasteiger partial charge in [0.1, 0.15) is 0 Å². The molecule has 1 N–H and O–H groups in total. The van der Waals surface area contributed by atoms with E-state index in [4.69, 9.17) is 0 Å². The molecule has 0 unspecified atom stereocenters. The second-order valence-corrected chi connectivity index (χ2v) is 7.23. The van der Waals surface area contributed by atoms with Gasteiger partial charge >= 0.3 is 0 Å². The number of thiazole rings is 1. The van der Waals surface area contributed by atoms with Gasteiger partial charge in [-0.05, 0) is 31.2 Å². The molecule has 1 aromatic carbocycles. The maximum Gasteiger partial charge on any atom is 0.263 e. The summed E-state index contributed by atoms with van der Waals surface area (Å²) >= 11 is 1.25. The van der Waals surface area contributed by atoms with E-state index in [1.807, 2.05) is 24.4 Å². The molecule has 3 aromatic rings. The summed E-state index contributed by atoms with van der Waals surface area (Å²) in [5, 5.41) is 2.15. The fourth-order valence-corrected chi connectivity index (χ4v) is 3.84. The summed E-state index contributed by atoms with van der Waals surface area (Å²) in [6, 6.07) is 10.3. The van der Waals surface area contributed by atoms with Crippen LogP contribution in [0.3, 0.4) is 0 Å². The van der Waals surface area contributed by atoms with Crippen molar-refractivity contribution >= 4 is 26.5 Å². The van der Waals surface area contributed by atoms with Crippen LogP contribution in [0, 0.1) is 6.92 Å². The standard InChI is InChI=1S/C15H13N3O2S2/c1-11-2-4-13(5-3-11)22(19,20)18-15-17-14(10-21-15)12-6-8-16-9-7-12/h2-10H,1H3,(H,17,18). The zero-order chi connectivity index (χ0) is 15.6. The van der Waals surface area contributed by atoms with Gasteiger partial charge in [0.25, 0.3) is 10.0 Å². The number of nitrogens with zero attached hydrogens (tertiary/aromatic N) is 2. The number of anilines is 1. The first-order chi connectivity index (χ1) is 10.5. The molecule has 0 aliphatic rings. The topological polar surface area (TPSA) is 72.0 Å². The van der Waals surface area contributed by atoms with E-state index >= 15 is 0 Å². The highest BCUT2D eigenvalue weighted by molar-refractivity contribution is 7.93. The van der Waals surface area contributed by atoms with Crippen molar-refractivity contribution in [1.29, 1.82) is 0 Å². The maximum absolute atomic E-state index is 12.3. The molecule has 0 saturated carbocycles. The van der Waals surface area contributed by atoms with Gasteiger partial charge in [-0.15, -0.1) is 11.3 Å². The molecule has 5 nitrogen and oxygen atoms in total. The van der Waals surface area contributed by atoms with Crippen LogP contribution >= 0.6 is 11.3 Å². The summed E-state index contributed by atoms with van der Waals surface area (Å²) in [5.41, 5.74) is 2.62. The normalized spacial score (nSPS) is 11.3. The number of aromatic nitrogens is 2. The molecule has 0 aliphatic heterocycles. The Kier molecular flexibility index (Phi) is 3.91. The highest BCUT2D eigenvalue weighted by atomic mass is 32.2. The van der Waals surface area contributed by atoms with Crippen molar-refractivity contribution in [3.63, 3.8) is 0 Å². The van der Waals surface area contributed by atoms with Crippen LogP contribution < -0.4 is 4.72 Å². The molecule has 22 heavy (non-hydrogen) atoms. The third kappa shape index (κ3) is 3.15. The number of rotatable bonds is 4. The first kappa shape index (κ1) is 14.7. The van der Waals surface area contributed by atoms with Crippen LogP contribution in [-0.2, 0) is 10.0 Å². The van der Waals surface area contributed by atoms with Crippen molar-refractivity contribution in [3.05, 3.63) is 59.7 Å². The highest BCUT2D eigenvalue weighted by Gasteiger charge is 2.16. The monoisotopic (exact) mass is 331 g/mol. The van der Waals surface area contributed by atoms with Crippen LogP contribution in [0.5, 0.6) is 0 Å². The molecule has 0 saturated heterocycles. The van der Waals surface area contributed by atoms with E-state index in [9.17, 15) is 8.42 Å². The highest BCUT2D eigenvalue weighted by Crippen LogP contribution is 2.26. The minimum atomic E-state index is -3.61. The van der Waals surface area contributed by atoms with Gasteiger partial charge in [0.15, 0.2) is 5.13 Å². The summed E-state index contributed by atoms with van der Waals surface area (Å²) in [6.07, 6.45) is 3.34. The van der Waals surface area contributed by atoms with E-state index in [-0.39, 0.29) is 4.90 Å². The Balaban J connectivity index is 1.84. The van der Waals surface area contributed by atoms with Crippen LogP contribution in [0.1, 0.15) is 5.56 Å². The van der Waals surface area contributed by atoms with Crippen LogP contribution in [0.15, 0.2) is 59.1 Å². The van der Waals surface area contributed by atoms with E-state index in [0.29, 0.717) is 10.8 Å². The van der Waals surface area contributed by atoms with Crippen LogP contribution in [0.2, 0.25) is 0 Å². The van der Waals surface area contributed by atoms with Gasteiger partial charge in [0, 0.05) is 23.3 Å². The molecular weight excluding hydrogens is 318 g/mol. The minimum Gasteiger partial charge on any atom is -0.265 e. The van der Waals surface area contributed by atoms with Crippen LogP contribution in [-0.4, -0.2) is 18.4 Å². The van der Waals surface area contributed by atoms with Crippen molar-refractivity contribution in [1.82, 2.24) is 9.97 Å². The van der Waals surface area contributed by atoms with E-state index < -0.39 is 10.0 Å². The van der Waals surface area contributed by atoms with Gasteiger partial charge in [-0.2, -0.15) is 0 Å². The maximum atomic E-state index is 12.3. The number of hydrogen-bond donors (Lipinski definition) is 1. The SMILES string of the molecule is Cc1ccc(S(=O)(=O)Nc2nc(-c3ccncc3)cs2)cc1. The zero-order valence-electron chi connectivity index (χ0n) is 11.7. The number of benzene rings is 1. The van der Waals surface area contributed by atoms with Crippen molar-refractivity contribution in [2.24, 2.45) is 0 Å². The molecule has 0 radical (unpaired) electrons. The summed E-state index contributed by atoms with van der Waals surface area (Å²) in [7, 11) is -3.61. The third-order valence-corrected chi connectivity index (χ3v) is 5.28. The van der Waals surface area contributed by atoms with Crippen molar-refractivity contribution in [2.75, 3.05) is 4.72 Å². The molecule has 0 amide bonds. The summed E-state index contributed by atoms with van der Waals surface area (Å²) in [4.78, 5) is 8.48. The van der Waals surface area contributed by atoms with Crippen molar-refractivity contribution < 1.29 is 8.42 Å². The Labute approximate surface area is 132 Å². The molecule has 0 bridgehead atoms. The molecule has 3 rings (SSSR count). The minimum absolute atomic E-state index is 0.221. The Morgan fingerprint density at radius 3 is 2.41 bits per heavy atom. The lowest BCUT2D eigenvalue weighted by Crippen LogP contribution is -2.12. The van der Waals surface area contributed by atoms with Crippen LogP contribution in [0.4, 0.5) is 5.13 Å². The lowest BCUT2D eigenvalue weighted by Gasteiger charge is -2.05. The molecule has 0 spiro atoms. The molecule has 0 aliphatic carbocycles. The Hall–Kier alpha value is -2.25. The predicted molar refractivity (Wildman–Crippen MR) is 87.3 cm³/mol. The second-order valence-electron chi connectivity index (χ2n) is 4.69. The Morgan fingerprint density at radius 1 is 1.05 bits per heavy atom. The van der Waals surface area contributed by atoms with Gasteiger partial charge in [-0.3, -0.25) is 9.71 Å². The van der Waals surface area contributed by atoms with Gasteiger partial charge in [-0.25, -0.2) is 13.4 Å². The zero-order valence-corrected chi connectivity index (χ0v) is 13.4. The smallest absolute Gasteiger partial charge is 0.263 e. The van der Waals surface area contributed by atoms with Gasteiger partial charge in [0.2, 0.25) is 0 Å². The van der Waals surface area contributed by atoms with E-state index in [0.717, 1.165) is 11.1 Å². The van der Waals surface area contributed by atoms with E-state index in [1.54, 1.807) is 36.7 Å². The molecule has 0 atom stereocenters. The molecule has 2 aromatic heterocycles. The van der Waals surface area contributed by atoms with E-state index in [2.05, 4.69) is 14.7 Å². The largest absolute Gasteiger partial charge is 0.265 e. The van der Waals surface area contributed by atoms with E-state index in [1.165, 1.54) is 11.3 Å². The number of aryl methyl sites for hydroxylation is 1. The van der Waals surface area contributed by atoms with Gasteiger partial charge < -0.3 is 0 Å². The number of pyridine rings is 1. The Morgan fingerprint density at radius 2 is 1.73 bits per heavy atom. The third-order valence-electron chi connectivity index (χ3n) is 3.03. The van der Waals surface area contributed by atoms with Crippen molar-refractivity contribution in [2.45, 2.75) is 11.8 Å². The second kappa shape index (κ2) is 5.86. The predicted octanol–water partition coefficient (Wildman–Crippen LogP) is 3.31. The molecule has 0 fully saturated rings. The van der Waals surface area contributed by atoms with Crippen molar-refractivity contribution in [3.8, 4) is 11.3 Å². The summed E-state index contributed by atoms with van der Waals surface area (Å²) in [5.74, 6) is 0. The summed E-state index contributed by atoms with van der Waals surface area (Å²) < 4.78 is 27.1. The average molecular weight is 331 g/mol. The van der Waals surface area contributed by atoms with Crippen LogP contribution in [0.25, 0.3) is 11.3 Å². The molecular formula is C15H13N3O2S2.